The number of rotatable bonds is 2. The molecule has 2 aliphatic rings. The Balaban J connectivity index is 0.00000161. The maximum absolute atomic E-state index is 9.69. The number of hydrogen-bond acceptors (Lipinski definition) is 4. The first-order valence-corrected chi connectivity index (χ1v) is 7.66. The molecule has 0 bridgehead atoms. The van der Waals surface area contributed by atoms with Crippen molar-refractivity contribution in [1.29, 1.82) is 0 Å². The third-order valence-electron chi connectivity index (χ3n) is 4.52. The summed E-state index contributed by atoms with van der Waals surface area (Å²) in [6, 6.07) is 7.29. The van der Waals surface area contributed by atoms with Gasteiger partial charge in [-0.25, -0.2) is 0 Å². The second-order valence-corrected chi connectivity index (χ2v) is 6.11. The van der Waals surface area contributed by atoms with E-state index in [1.54, 1.807) is 0 Å². The largest absolute Gasteiger partial charge is 0.391 e. The zero-order valence-electron chi connectivity index (χ0n) is 12.9. The van der Waals surface area contributed by atoms with Crippen LogP contribution in [0.3, 0.4) is 0 Å². The van der Waals surface area contributed by atoms with Gasteiger partial charge in [0, 0.05) is 50.1 Å². The average molecular weight is 312 g/mol. The van der Waals surface area contributed by atoms with E-state index in [9.17, 15) is 5.11 Å². The highest BCUT2D eigenvalue weighted by atomic mass is 35.5. The molecule has 0 aromatic heterocycles. The topological polar surface area (TPSA) is 38.7 Å². The zero-order valence-corrected chi connectivity index (χ0v) is 13.7. The Morgan fingerprint density at radius 2 is 2.10 bits per heavy atom. The van der Waals surface area contributed by atoms with Crippen LogP contribution in [-0.2, 0) is 0 Å². The van der Waals surface area contributed by atoms with E-state index in [1.165, 1.54) is 16.9 Å². The van der Waals surface area contributed by atoms with Crippen LogP contribution in [0.1, 0.15) is 18.9 Å². The van der Waals surface area contributed by atoms with Crippen molar-refractivity contribution >= 4 is 23.8 Å². The van der Waals surface area contributed by atoms with Crippen LogP contribution in [0, 0.1) is 6.92 Å². The molecule has 0 unspecified atom stereocenters. The first kappa shape index (κ1) is 16.4. The van der Waals surface area contributed by atoms with E-state index in [2.05, 4.69) is 47.2 Å². The minimum Gasteiger partial charge on any atom is -0.391 e. The number of nitrogens with zero attached hydrogens (tertiary/aromatic N) is 2. The van der Waals surface area contributed by atoms with Crippen molar-refractivity contribution in [2.45, 2.75) is 32.4 Å². The molecule has 2 aliphatic heterocycles. The summed E-state index contributed by atoms with van der Waals surface area (Å²) in [6.45, 7) is 9.36. The SMILES string of the molecule is Cc1cc(N2CCNC[C@H]2C)ccc1N1CC[C@H](O)C1.Cl. The molecule has 2 fully saturated rings. The van der Waals surface area contributed by atoms with Gasteiger partial charge in [0.25, 0.3) is 0 Å². The molecule has 2 saturated heterocycles. The average Bonchev–Trinajstić information content (AvgIpc) is 2.85. The zero-order chi connectivity index (χ0) is 14.1. The summed E-state index contributed by atoms with van der Waals surface area (Å²) < 4.78 is 0. The molecule has 1 aromatic carbocycles. The predicted octanol–water partition coefficient (Wildman–Crippen LogP) is 1.79. The van der Waals surface area contributed by atoms with Crippen molar-refractivity contribution in [1.82, 2.24) is 5.32 Å². The molecule has 21 heavy (non-hydrogen) atoms. The summed E-state index contributed by atoms with van der Waals surface area (Å²) in [5.74, 6) is 0. The van der Waals surface area contributed by atoms with E-state index in [-0.39, 0.29) is 18.5 Å². The van der Waals surface area contributed by atoms with E-state index in [0.29, 0.717) is 6.04 Å². The molecule has 1 aromatic rings. The Kier molecular flexibility index (Phi) is 5.36. The molecule has 4 nitrogen and oxygen atoms in total. The van der Waals surface area contributed by atoms with E-state index in [1.807, 2.05) is 0 Å². The molecule has 3 rings (SSSR count). The molecule has 0 amide bonds. The Morgan fingerprint density at radius 3 is 2.71 bits per heavy atom. The fourth-order valence-corrected chi connectivity index (χ4v) is 3.36. The number of piperazine rings is 1. The van der Waals surface area contributed by atoms with Crippen LogP contribution in [0.15, 0.2) is 18.2 Å². The molecular formula is C16H26ClN3O. The first-order valence-electron chi connectivity index (χ1n) is 7.66. The third kappa shape index (κ3) is 3.44. The number of hydrogen-bond donors (Lipinski definition) is 2. The smallest absolute Gasteiger partial charge is 0.0731 e. The molecule has 0 radical (unpaired) electrons. The second-order valence-electron chi connectivity index (χ2n) is 6.11. The van der Waals surface area contributed by atoms with E-state index in [4.69, 9.17) is 0 Å². The number of aliphatic hydroxyl groups excluding tert-OH is 1. The molecule has 0 aliphatic carbocycles. The van der Waals surface area contributed by atoms with Gasteiger partial charge in [-0.05, 0) is 44.0 Å². The normalized spacial score (nSPS) is 25.9. The molecule has 2 N–H and O–H groups in total. The summed E-state index contributed by atoms with van der Waals surface area (Å²) >= 11 is 0. The first-order chi connectivity index (χ1) is 9.65. The van der Waals surface area contributed by atoms with Crippen molar-refractivity contribution in [3.05, 3.63) is 23.8 Å². The lowest BCUT2D eigenvalue weighted by Crippen LogP contribution is -2.49. The van der Waals surface area contributed by atoms with Crippen LogP contribution in [0.2, 0.25) is 0 Å². The number of nitrogens with one attached hydrogen (secondary N) is 1. The van der Waals surface area contributed by atoms with E-state index in [0.717, 1.165) is 39.1 Å². The van der Waals surface area contributed by atoms with E-state index < -0.39 is 0 Å². The molecule has 118 valence electrons. The van der Waals surface area contributed by atoms with Crippen molar-refractivity contribution in [3.8, 4) is 0 Å². The van der Waals surface area contributed by atoms with Gasteiger partial charge in [-0.15, -0.1) is 12.4 Å². The monoisotopic (exact) mass is 311 g/mol. The van der Waals surface area contributed by atoms with Gasteiger partial charge in [-0.1, -0.05) is 0 Å². The Bertz CT molecular complexity index is 483. The van der Waals surface area contributed by atoms with Gasteiger partial charge < -0.3 is 20.2 Å². The third-order valence-corrected chi connectivity index (χ3v) is 4.52. The van der Waals surface area contributed by atoms with Gasteiger partial charge in [0.05, 0.1) is 6.10 Å². The van der Waals surface area contributed by atoms with Crippen molar-refractivity contribution < 1.29 is 5.11 Å². The van der Waals surface area contributed by atoms with Crippen molar-refractivity contribution in [2.24, 2.45) is 0 Å². The Hall–Kier alpha value is -0.970. The van der Waals surface area contributed by atoms with E-state index >= 15 is 0 Å². The van der Waals surface area contributed by atoms with Crippen molar-refractivity contribution in [3.63, 3.8) is 0 Å². The summed E-state index contributed by atoms with van der Waals surface area (Å²) in [4.78, 5) is 4.77. The van der Waals surface area contributed by atoms with Crippen molar-refractivity contribution in [2.75, 3.05) is 42.5 Å². The maximum Gasteiger partial charge on any atom is 0.0731 e. The molecule has 5 heteroatoms. The highest BCUT2D eigenvalue weighted by Gasteiger charge is 2.23. The fraction of sp³-hybridized carbons (Fsp3) is 0.625. The van der Waals surface area contributed by atoms with Crippen LogP contribution >= 0.6 is 12.4 Å². The lowest BCUT2D eigenvalue weighted by Gasteiger charge is -2.36. The maximum atomic E-state index is 9.69. The molecule has 0 saturated carbocycles. The van der Waals surface area contributed by atoms with Crippen LogP contribution in [-0.4, -0.2) is 50.0 Å². The standard InChI is InChI=1S/C16H25N3O.ClH/c1-12-9-14(19-8-6-17-10-13(19)2)3-4-16(12)18-7-5-15(20)11-18;/h3-4,9,13,15,17,20H,5-8,10-11H2,1-2H3;1H/t13-,15+;/m1./s1. The fourth-order valence-electron chi connectivity index (χ4n) is 3.36. The number of halogens is 1. The Labute approximate surface area is 133 Å². The predicted molar refractivity (Wildman–Crippen MR) is 90.9 cm³/mol. The summed E-state index contributed by atoms with van der Waals surface area (Å²) in [6.07, 6.45) is 0.720. The van der Waals surface area contributed by atoms with Crippen LogP contribution in [0.25, 0.3) is 0 Å². The minimum atomic E-state index is -0.165. The summed E-state index contributed by atoms with van der Waals surface area (Å²) in [5, 5.41) is 13.1. The lowest BCUT2D eigenvalue weighted by molar-refractivity contribution is 0.198. The molecular weight excluding hydrogens is 286 g/mol. The summed E-state index contributed by atoms with van der Waals surface area (Å²) in [5.41, 5.74) is 3.90. The van der Waals surface area contributed by atoms with Gasteiger partial charge in [-0.3, -0.25) is 0 Å². The summed E-state index contributed by atoms with van der Waals surface area (Å²) in [7, 11) is 0. The quantitative estimate of drug-likeness (QED) is 0.873. The minimum absolute atomic E-state index is 0. The van der Waals surface area contributed by atoms with Gasteiger partial charge in [-0.2, -0.15) is 0 Å². The number of benzene rings is 1. The number of aliphatic hydroxyl groups is 1. The number of anilines is 2. The van der Waals surface area contributed by atoms with Gasteiger partial charge in [0.1, 0.15) is 0 Å². The Morgan fingerprint density at radius 1 is 1.29 bits per heavy atom. The van der Waals surface area contributed by atoms with Gasteiger partial charge in [0.2, 0.25) is 0 Å². The second kappa shape index (κ2) is 6.86. The lowest BCUT2D eigenvalue weighted by atomic mass is 10.1. The molecule has 2 atom stereocenters. The van der Waals surface area contributed by atoms with Crippen LogP contribution in [0.4, 0.5) is 11.4 Å². The van der Waals surface area contributed by atoms with Gasteiger partial charge >= 0.3 is 0 Å². The number of aryl methyl sites for hydroxylation is 1. The molecule has 0 spiro atoms. The molecule has 2 heterocycles. The van der Waals surface area contributed by atoms with Gasteiger partial charge in [0.15, 0.2) is 0 Å². The number of β-amino-alcohol motifs (C(OH)–C–C–N with tert-alkyl or cyclic N) is 1. The van der Waals surface area contributed by atoms with Crippen LogP contribution < -0.4 is 15.1 Å². The highest BCUT2D eigenvalue weighted by molar-refractivity contribution is 5.85. The van der Waals surface area contributed by atoms with Crippen LogP contribution in [0.5, 0.6) is 0 Å². The highest BCUT2D eigenvalue weighted by Crippen LogP contribution is 2.29.